The molecule has 1 aromatic rings. The summed E-state index contributed by atoms with van der Waals surface area (Å²) in [5.41, 5.74) is 1.07. The molecule has 0 bridgehead atoms. The second-order valence-corrected chi connectivity index (χ2v) is 5.24. The second kappa shape index (κ2) is 4.90. The quantitative estimate of drug-likeness (QED) is 0.764. The molecule has 0 aliphatic carbocycles. The van der Waals surface area contributed by atoms with Gasteiger partial charge >= 0.3 is 5.97 Å². The minimum Gasteiger partial charge on any atom is -0.450 e. The number of fused-ring (bicyclic) bond motifs is 2. The molecule has 5 nitrogen and oxygen atoms in total. The number of methoxy groups -OCH3 is 1. The normalized spacial score (nSPS) is 19.9. The molecule has 5 heteroatoms. The Balaban J connectivity index is 1.78. The van der Waals surface area contributed by atoms with Crippen LogP contribution in [0.5, 0.6) is 0 Å². The fraction of sp³-hybridized carbons (Fsp3) is 0.467. The number of nitrogens with zero attached hydrogens (tertiary/aromatic N) is 1. The number of benzene rings is 1. The van der Waals surface area contributed by atoms with Gasteiger partial charge < -0.3 is 14.4 Å². The van der Waals surface area contributed by atoms with Crippen molar-refractivity contribution in [3.05, 3.63) is 35.4 Å². The molecule has 2 aliphatic heterocycles. The van der Waals surface area contributed by atoms with E-state index in [0.29, 0.717) is 31.5 Å². The van der Waals surface area contributed by atoms with Gasteiger partial charge in [0.05, 0.1) is 5.56 Å². The molecule has 2 heterocycles. The van der Waals surface area contributed by atoms with Crippen molar-refractivity contribution in [1.82, 2.24) is 4.90 Å². The first kappa shape index (κ1) is 13.1. The van der Waals surface area contributed by atoms with Crippen molar-refractivity contribution in [2.75, 3.05) is 26.8 Å². The lowest BCUT2D eigenvalue weighted by molar-refractivity contribution is -0.139. The van der Waals surface area contributed by atoms with E-state index in [9.17, 15) is 9.59 Å². The Hall–Kier alpha value is -1.88. The van der Waals surface area contributed by atoms with Crippen LogP contribution >= 0.6 is 0 Å². The molecule has 1 aromatic carbocycles. The highest BCUT2D eigenvalue weighted by Crippen LogP contribution is 2.43. The number of hydrogen-bond acceptors (Lipinski definition) is 4. The highest BCUT2D eigenvalue weighted by Gasteiger charge is 2.47. The number of hydrogen-bond donors (Lipinski definition) is 0. The van der Waals surface area contributed by atoms with Crippen LogP contribution in [0.15, 0.2) is 24.3 Å². The average molecular weight is 275 g/mol. The van der Waals surface area contributed by atoms with Crippen LogP contribution in [0.2, 0.25) is 0 Å². The summed E-state index contributed by atoms with van der Waals surface area (Å²) in [6.07, 6.45) is 1.29. The van der Waals surface area contributed by atoms with E-state index in [-0.39, 0.29) is 18.5 Å². The molecule has 1 spiro atoms. The van der Waals surface area contributed by atoms with E-state index >= 15 is 0 Å². The smallest absolute Gasteiger partial charge is 0.339 e. The summed E-state index contributed by atoms with van der Waals surface area (Å²) in [6.45, 7) is 1.27. The third kappa shape index (κ3) is 1.98. The molecule has 0 atom stereocenters. The Morgan fingerprint density at radius 3 is 2.75 bits per heavy atom. The highest BCUT2D eigenvalue weighted by atomic mass is 16.6. The van der Waals surface area contributed by atoms with E-state index in [4.69, 9.17) is 9.47 Å². The van der Waals surface area contributed by atoms with Crippen molar-refractivity contribution in [1.29, 1.82) is 0 Å². The summed E-state index contributed by atoms with van der Waals surface area (Å²) >= 11 is 0. The maximum absolute atomic E-state index is 11.9. The molecule has 1 amide bonds. The van der Waals surface area contributed by atoms with Gasteiger partial charge in [0.25, 0.3) is 0 Å². The van der Waals surface area contributed by atoms with Crippen molar-refractivity contribution in [3.8, 4) is 0 Å². The molecule has 3 rings (SSSR count). The largest absolute Gasteiger partial charge is 0.450 e. The van der Waals surface area contributed by atoms with Crippen LogP contribution in [-0.2, 0) is 19.9 Å². The fourth-order valence-electron chi connectivity index (χ4n) is 3.05. The standard InChI is InChI=1S/C15H17NO4/c1-19-10-13(17)16-8-6-15(7-9-16)12-5-3-2-4-11(12)14(18)20-15/h2-5H,6-10H2,1H3. The third-order valence-electron chi connectivity index (χ3n) is 4.12. The molecule has 0 unspecified atom stereocenters. The number of carbonyl (C=O) groups excluding carboxylic acids is 2. The Bertz CT molecular complexity index is 547. The zero-order valence-electron chi connectivity index (χ0n) is 11.4. The minimum atomic E-state index is -0.544. The molecule has 20 heavy (non-hydrogen) atoms. The fourth-order valence-corrected chi connectivity index (χ4v) is 3.05. The van der Waals surface area contributed by atoms with Crippen LogP contribution in [0.25, 0.3) is 0 Å². The van der Waals surface area contributed by atoms with Crippen molar-refractivity contribution < 1.29 is 19.1 Å². The number of amides is 1. The minimum absolute atomic E-state index is 0.0139. The van der Waals surface area contributed by atoms with Gasteiger partial charge in [-0.1, -0.05) is 18.2 Å². The topological polar surface area (TPSA) is 55.8 Å². The van der Waals surface area contributed by atoms with Gasteiger partial charge in [0.2, 0.25) is 5.91 Å². The van der Waals surface area contributed by atoms with E-state index in [0.717, 1.165) is 5.56 Å². The van der Waals surface area contributed by atoms with E-state index in [1.54, 1.807) is 11.0 Å². The van der Waals surface area contributed by atoms with Gasteiger partial charge in [-0.05, 0) is 6.07 Å². The first-order valence-corrected chi connectivity index (χ1v) is 6.76. The maximum atomic E-state index is 11.9. The summed E-state index contributed by atoms with van der Waals surface area (Å²) < 4.78 is 10.5. The van der Waals surface area contributed by atoms with Gasteiger partial charge in [0, 0.05) is 38.6 Å². The summed E-state index contributed by atoms with van der Waals surface area (Å²) in [5, 5.41) is 0. The van der Waals surface area contributed by atoms with Gasteiger partial charge in [-0.15, -0.1) is 0 Å². The average Bonchev–Trinajstić information content (AvgIpc) is 2.74. The van der Waals surface area contributed by atoms with Crippen molar-refractivity contribution >= 4 is 11.9 Å². The zero-order chi connectivity index (χ0) is 14.2. The number of likely N-dealkylation sites (tertiary alicyclic amines) is 1. The van der Waals surface area contributed by atoms with Crippen LogP contribution < -0.4 is 0 Å². The lowest BCUT2D eigenvalue weighted by Crippen LogP contribution is -2.46. The Labute approximate surface area is 117 Å². The van der Waals surface area contributed by atoms with E-state index in [1.165, 1.54) is 7.11 Å². The second-order valence-electron chi connectivity index (χ2n) is 5.24. The van der Waals surface area contributed by atoms with Crippen LogP contribution in [0.4, 0.5) is 0 Å². The summed E-state index contributed by atoms with van der Waals surface area (Å²) in [4.78, 5) is 25.5. The van der Waals surface area contributed by atoms with E-state index in [1.807, 2.05) is 18.2 Å². The first-order chi connectivity index (χ1) is 9.66. The van der Waals surface area contributed by atoms with Crippen molar-refractivity contribution in [3.63, 3.8) is 0 Å². The number of rotatable bonds is 2. The molecule has 2 aliphatic rings. The lowest BCUT2D eigenvalue weighted by Gasteiger charge is -2.38. The number of ether oxygens (including phenoxy) is 2. The van der Waals surface area contributed by atoms with Crippen molar-refractivity contribution in [2.24, 2.45) is 0 Å². The Morgan fingerprint density at radius 1 is 1.35 bits per heavy atom. The van der Waals surface area contributed by atoms with Crippen LogP contribution in [0.1, 0.15) is 28.8 Å². The van der Waals surface area contributed by atoms with Crippen molar-refractivity contribution in [2.45, 2.75) is 18.4 Å². The van der Waals surface area contributed by atoms with Gasteiger partial charge in [0.1, 0.15) is 12.2 Å². The van der Waals surface area contributed by atoms with E-state index in [2.05, 4.69) is 0 Å². The molecule has 106 valence electrons. The van der Waals surface area contributed by atoms with Crippen LogP contribution in [0, 0.1) is 0 Å². The number of piperidine rings is 1. The molecule has 0 radical (unpaired) electrons. The molecular formula is C15H17NO4. The first-order valence-electron chi connectivity index (χ1n) is 6.76. The summed E-state index contributed by atoms with van der Waals surface area (Å²) in [7, 11) is 1.51. The SMILES string of the molecule is COCC(=O)N1CCC2(CC1)OC(=O)c1ccccc12. The van der Waals surface area contributed by atoms with Gasteiger partial charge in [-0.2, -0.15) is 0 Å². The Morgan fingerprint density at radius 2 is 2.05 bits per heavy atom. The highest BCUT2D eigenvalue weighted by molar-refractivity contribution is 5.94. The Kier molecular flexibility index (Phi) is 3.22. The third-order valence-corrected chi connectivity index (χ3v) is 4.12. The van der Waals surface area contributed by atoms with Crippen LogP contribution in [-0.4, -0.2) is 43.6 Å². The predicted octanol–water partition coefficient (Wildman–Crippen LogP) is 1.32. The lowest BCUT2D eigenvalue weighted by atomic mass is 9.84. The molecule has 0 saturated carbocycles. The zero-order valence-corrected chi connectivity index (χ0v) is 11.4. The summed E-state index contributed by atoms with van der Waals surface area (Å²) in [6, 6.07) is 7.52. The van der Waals surface area contributed by atoms with Gasteiger partial charge in [0.15, 0.2) is 0 Å². The molecule has 1 saturated heterocycles. The molecule has 1 fully saturated rings. The molecular weight excluding hydrogens is 258 g/mol. The molecule has 0 N–H and O–H groups in total. The maximum Gasteiger partial charge on any atom is 0.339 e. The van der Waals surface area contributed by atoms with Gasteiger partial charge in [-0.25, -0.2) is 4.79 Å². The molecule has 0 aromatic heterocycles. The van der Waals surface area contributed by atoms with Gasteiger partial charge in [-0.3, -0.25) is 4.79 Å². The number of esters is 1. The number of carbonyl (C=O) groups is 2. The predicted molar refractivity (Wildman–Crippen MR) is 71.2 cm³/mol. The summed E-state index contributed by atoms with van der Waals surface area (Å²) in [5.74, 6) is -0.266. The van der Waals surface area contributed by atoms with E-state index < -0.39 is 5.60 Å². The van der Waals surface area contributed by atoms with Crippen LogP contribution in [0.3, 0.4) is 0 Å². The monoisotopic (exact) mass is 275 g/mol.